The standard InChI is InChI=1S/C19H16N2O5/c1-26-14-7-9-17-16(10-14)20-15(19(25)21(17)11-18(23)24)8-4-12-2-5-13(22)6-3-12/h2-10,22H,11H2,1H3,(H,23,24)/b8-4+. The predicted octanol–water partition coefficient (Wildman–Crippen LogP) is 2.37. The maximum atomic E-state index is 12.7. The third-order valence-corrected chi connectivity index (χ3v) is 3.80. The Morgan fingerprint density at radius 1 is 1.19 bits per heavy atom. The van der Waals surface area contributed by atoms with Crippen molar-refractivity contribution in [2.24, 2.45) is 0 Å². The van der Waals surface area contributed by atoms with Crippen LogP contribution < -0.4 is 10.3 Å². The van der Waals surface area contributed by atoms with Gasteiger partial charge in [0.2, 0.25) is 0 Å². The Kier molecular flexibility index (Phi) is 4.70. The van der Waals surface area contributed by atoms with E-state index >= 15 is 0 Å². The number of aromatic nitrogens is 2. The number of ether oxygens (including phenoxy) is 1. The molecule has 1 heterocycles. The molecule has 0 radical (unpaired) electrons. The van der Waals surface area contributed by atoms with Gasteiger partial charge in [0.1, 0.15) is 23.7 Å². The summed E-state index contributed by atoms with van der Waals surface area (Å²) >= 11 is 0. The van der Waals surface area contributed by atoms with Gasteiger partial charge < -0.3 is 14.9 Å². The molecule has 0 unspecified atom stereocenters. The molecule has 0 atom stereocenters. The fraction of sp³-hybridized carbons (Fsp3) is 0.105. The van der Waals surface area contributed by atoms with Gasteiger partial charge in [-0.3, -0.25) is 14.2 Å². The molecule has 26 heavy (non-hydrogen) atoms. The minimum absolute atomic E-state index is 0.111. The van der Waals surface area contributed by atoms with E-state index in [-0.39, 0.29) is 11.4 Å². The molecule has 2 N–H and O–H groups in total. The van der Waals surface area contributed by atoms with E-state index in [1.165, 1.54) is 29.9 Å². The Balaban J connectivity index is 2.14. The number of aliphatic carboxylic acids is 1. The summed E-state index contributed by atoms with van der Waals surface area (Å²) in [7, 11) is 1.51. The number of aromatic hydroxyl groups is 1. The number of phenolic OH excluding ortho intramolecular Hbond substituents is 1. The van der Waals surface area contributed by atoms with Crippen LogP contribution in [0.1, 0.15) is 11.3 Å². The van der Waals surface area contributed by atoms with E-state index < -0.39 is 18.1 Å². The summed E-state index contributed by atoms with van der Waals surface area (Å²) in [6.07, 6.45) is 3.19. The number of carboxylic acid groups (broad SMARTS) is 1. The van der Waals surface area contributed by atoms with E-state index in [2.05, 4.69) is 4.98 Å². The number of rotatable bonds is 5. The number of hydrogen-bond acceptors (Lipinski definition) is 5. The predicted molar refractivity (Wildman–Crippen MR) is 97.2 cm³/mol. The fourth-order valence-corrected chi connectivity index (χ4v) is 2.53. The zero-order valence-electron chi connectivity index (χ0n) is 13.9. The van der Waals surface area contributed by atoms with Gasteiger partial charge in [-0.2, -0.15) is 0 Å². The first-order valence-corrected chi connectivity index (χ1v) is 7.75. The molecule has 3 rings (SSSR count). The van der Waals surface area contributed by atoms with Gasteiger partial charge in [0.25, 0.3) is 5.56 Å². The van der Waals surface area contributed by atoms with Crippen LogP contribution in [-0.4, -0.2) is 32.8 Å². The number of hydrogen-bond donors (Lipinski definition) is 2. The summed E-state index contributed by atoms with van der Waals surface area (Å²) < 4.78 is 6.34. The number of fused-ring (bicyclic) bond motifs is 1. The summed E-state index contributed by atoms with van der Waals surface area (Å²) in [6, 6.07) is 11.3. The van der Waals surface area contributed by atoms with E-state index in [1.807, 2.05) is 0 Å². The molecule has 0 spiro atoms. The molecule has 0 aliphatic rings. The van der Waals surface area contributed by atoms with E-state index in [1.54, 1.807) is 36.4 Å². The summed E-state index contributed by atoms with van der Waals surface area (Å²) in [5, 5.41) is 18.4. The topological polar surface area (TPSA) is 102 Å². The molecule has 0 bridgehead atoms. The minimum atomic E-state index is -1.12. The quantitative estimate of drug-likeness (QED) is 0.731. The lowest BCUT2D eigenvalue weighted by Crippen LogP contribution is -2.27. The highest BCUT2D eigenvalue weighted by Crippen LogP contribution is 2.19. The van der Waals surface area contributed by atoms with Crippen molar-refractivity contribution in [2.45, 2.75) is 6.54 Å². The monoisotopic (exact) mass is 352 g/mol. The summed E-state index contributed by atoms with van der Waals surface area (Å²) in [4.78, 5) is 28.2. The van der Waals surface area contributed by atoms with Crippen LogP contribution in [0.4, 0.5) is 0 Å². The van der Waals surface area contributed by atoms with Gasteiger partial charge in [0, 0.05) is 6.07 Å². The molecule has 0 amide bonds. The fourth-order valence-electron chi connectivity index (χ4n) is 2.53. The number of methoxy groups -OCH3 is 1. The summed E-state index contributed by atoms with van der Waals surface area (Å²) in [5.41, 5.74) is 1.25. The summed E-state index contributed by atoms with van der Waals surface area (Å²) in [6.45, 7) is -0.468. The first kappa shape index (κ1) is 17.2. The second kappa shape index (κ2) is 7.10. The van der Waals surface area contributed by atoms with Gasteiger partial charge in [0.15, 0.2) is 0 Å². The van der Waals surface area contributed by atoms with Gasteiger partial charge in [-0.25, -0.2) is 4.98 Å². The van der Waals surface area contributed by atoms with Crippen molar-refractivity contribution in [3.05, 3.63) is 64.1 Å². The zero-order chi connectivity index (χ0) is 18.7. The Hall–Kier alpha value is -3.61. The average Bonchev–Trinajstić information content (AvgIpc) is 2.63. The first-order chi connectivity index (χ1) is 12.5. The maximum absolute atomic E-state index is 12.7. The maximum Gasteiger partial charge on any atom is 0.323 e. The van der Waals surface area contributed by atoms with Crippen LogP contribution in [0.15, 0.2) is 47.3 Å². The molecule has 2 aromatic carbocycles. The van der Waals surface area contributed by atoms with Gasteiger partial charge in [0.05, 0.1) is 18.1 Å². The van der Waals surface area contributed by atoms with Crippen LogP contribution >= 0.6 is 0 Å². The average molecular weight is 352 g/mol. The van der Waals surface area contributed by atoms with Gasteiger partial charge in [-0.05, 0) is 35.9 Å². The van der Waals surface area contributed by atoms with E-state index in [0.29, 0.717) is 16.8 Å². The largest absolute Gasteiger partial charge is 0.508 e. The summed E-state index contributed by atoms with van der Waals surface area (Å²) in [5.74, 6) is -0.426. The van der Waals surface area contributed by atoms with Gasteiger partial charge in [-0.1, -0.05) is 18.2 Å². The minimum Gasteiger partial charge on any atom is -0.508 e. The van der Waals surface area contributed by atoms with E-state index in [4.69, 9.17) is 9.84 Å². The van der Waals surface area contributed by atoms with Crippen molar-refractivity contribution in [2.75, 3.05) is 7.11 Å². The Bertz CT molecular complexity index is 1050. The number of carboxylic acids is 1. The molecule has 0 saturated heterocycles. The van der Waals surface area contributed by atoms with Crippen molar-refractivity contribution in [1.82, 2.24) is 9.55 Å². The molecule has 0 saturated carbocycles. The molecule has 132 valence electrons. The molecule has 0 fully saturated rings. The van der Waals surface area contributed by atoms with Crippen LogP contribution in [0, 0.1) is 0 Å². The number of benzene rings is 2. The molecule has 0 aliphatic heterocycles. The van der Waals surface area contributed by atoms with Crippen molar-refractivity contribution in [1.29, 1.82) is 0 Å². The number of phenols is 1. The van der Waals surface area contributed by atoms with Crippen molar-refractivity contribution in [3.63, 3.8) is 0 Å². The SMILES string of the molecule is COc1ccc2c(c1)nc(/C=C/c1ccc(O)cc1)c(=O)n2CC(=O)O. The second-order valence-electron chi connectivity index (χ2n) is 5.56. The van der Waals surface area contributed by atoms with Crippen molar-refractivity contribution < 1.29 is 19.7 Å². The second-order valence-corrected chi connectivity index (χ2v) is 5.56. The molecule has 1 aromatic heterocycles. The highest BCUT2D eigenvalue weighted by Gasteiger charge is 2.12. The molecular weight excluding hydrogens is 336 g/mol. The third kappa shape index (κ3) is 3.56. The van der Waals surface area contributed by atoms with Crippen LogP contribution in [-0.2, 0) is 11.3 Å². The number of nitrogens with zero attached hydrogens (tertiary/aromatic N) is 2. The van der Waals surface area contributed by atoms with Gasteiger partial charge in [-0.15, -0.1) is 0 Å². The van der Waals surface area contributed by atoms with Crippen molar-refractivity contribution in [3.8, 4) is 11.5 Å². The smallest absolute Gasteiger partial charge is 0.323 e. The normalized spacial score (nSPS) is 11.1. The third-order valence-electron chi connectivity index (χ3n) is 3.80. The lowest BCUT2D eigenvalue weighted by molar-refractivity contribution is -0.137. The molecule has 7 nitrogen and oxygen atoms in total. The molecular formula is C19H16N2O5. The van der Waals surface area contributed by atoms with Crippen LogP contribution in [0.25, 0.3) is 23.2 Å². The van der Waals surface area contributed by atoms with Crippen LogP contribution in [0.2, 0.25) is 0 Å². The van der Waals surface area contributed by atoms with Crippen LogP contribution in [0.5, 0.6) is 11.5 Å². The van der Waals surface area contributed by atoms with Gasteiger partial charge >= 0.3 is 5.97 Å². The highest BCUT2D eigenvalue weighted by molar-refractivity contribution is 5.80. The Morgan fingerprint density at radius 3 is 2.58 bits per heavy atom. The van der Waals surface area contributed by atoms with E-state index in [9.17, 15) is 14.7 Å². The molecule has 7 heteroatoms. The first-order valence-electron chi connectivity index (χ1n) is 7.75. The van der Waals surface area contributed by atoms with Crippen molar-refractivity contribution >= 4 is 29.2 Å². The van der Waals surface area contributed by atoms with Crippen LogP contribution in [0.3, 0.4) is 0 Å². The zero-order valence-corrected chi connectivity index (χ0v) is 13.9. The molecule has 3 aromatic rings. The number of carbonyl (C=O) groups is 1. The van der Waals surface area contributed by atoms with E-state index in [0.717, 1.165) is 5.56 Å². The lowest BCUT2D eigenvalue weighted by atomic mass is 10.2. The lowest BCUT2D eigenvalue weighted by Gasteiger charge is -2.10. The molecule has 0 aliphatic carbocycles. The highest BCUT2D eigenvalue weighted by atomic mass is 16.5. The Labute approximate surface area is 148 Å². The Morgan fingerprint density at radius 2 is 1.92 bits per heavy atom.